The summed E-state index contributed by atoms with van der Waals surface area (Å²) in [7, 11) is 0. The SMILES string of the molecule is Cc1ccc(C)c(N=Cc2cc(Br)c(OCc3ccccc3F)c(Br)c2)c1. The largest absolute Gasteiger partial charge is 0.486 e. The second-order valence-corrected chi connectivity index (χ2v) is 7.95. The molecule has 0 unspecified atom stereocenters. The predicted molar refractivity (Wildman–Crippen MR) is 116 cm³/mol. The molecule has 138 valence electrons. The Kier molecular flexibility index (Phi) is 6.45. The molecule has 0 N–H and O–H groups in total. The van der Waals surface area contributed by atoms with Gasteiger partial charge in [0.2, 0.25) is 0 Å². The van der Waals surface area contributed by atoms with Crippen molar-refractivity contribution in [3.05, 3.63) is 91.6 Å². The average molecular weight is 491 g/mol. The number of rotatable bonds is 5. The molecule has 0 fully saturated rings. The third kappa shape index (κ3) is 5.05. The van der Waals surface area contributed by atoms with Crippen molar-refractivity contribution in [1.82, 2.24) is 0 Å². The van der Waals surface area contributed by atoms with Crippen molar-refractivity contribution in [2.45, 2.75) is 20.5 Å². The molecule has 0 saturated carbocycles. The van der Waals surface area contributed by atoms with Crippen molar-refractivity contribution >= 4 is 43.8 Å². The summed E-state index contributed by atoms with van der Waals surface area (Å²) in [5, 5.41) is 0. The van der Waals surface area contributed by atoms with Crippen LogP contribution in [-0.4, -0.2) is 6.21 Å². The third-order valence-corrected chi connectivity index (χ3v) is 5.25. The maximum Gasteiger partial charge on any atom is 0.148 e. The fraction of sp³-hybridized carbons (Fsp3) is 0.136. The molecule has 0 bridgehead atoms. The second-order valence-electron chi connectivity index (χ2n) is 6.24. The Bertz CT molecular complexity index is 978. The number of hydrogen-bond acceptors (Lipinski definition) is 2. The molecule has 27 heavy (non-hydrogen) atoms. The van der Waals surface area contributed by atoms with Crippen molar-refractivity contribution < 1.29 is 9.13 Å². The van der Waals surface area contributed by atoms with Gasteiger partial charge in [-0.05, 0) is 86.7 Å². The van der Waals surface area contributed by atoms with Crippen LogP contribution in [0.4, 0.5) is 10.1 Å². The van der Waals surface area contributed by atoms with Gasteiger partial charge in [0.05, 0.1) is 14.6 Å². The van der Waals surface area contributed by atoms with Crippen LogP contribution in [0.3, 0.4) is 0 Å². The van der Waals surface area contributed by atoms with Crippen LogP contribution in [0.5, 0.6) is 5.75 Å². The molecule has 5 heteroatoms. The topological polar surface area (TPSA) is 21.6 Å². The van der Waals surface area contributed by atoms with Crippen molar-refractivity contribution in [1.29, 1.82) is 0 Å². The predicted octanol–water partition coefficient (Wildman–Crippen LogP) is 7.30. The minimum absolute atomic E-state index is 0.153. The van der Waals surface area contributed by atoms with Crippen LogP contribution < -0.4 is 4.74 Å². The summed E-state index contributed by atoms with van der Waals surface area (Å²) >= 11 is 7.06. The molecule has 3 rings (SSSR count). The Morgan fingerprint density at radius 3 is 2.41 bits per heavy atom. The number of benzene rings is 3. The molecule has 3 aromatic carbocycles. The van der Waals surface area contributed by atoms with Crippen molar-refractivity contribution in [3.8, 4) is 5.75 Å². The van der Waals surface area contributed by atoms with Gasteiger partial charge in [0.1, 0.15) is 18.2 Å². The van der Waals surface area contributed by atoms with Gasteiger partial charge in [-0.2, -0.15) is 0 Å². The summed E-state index contributed by atoms with van der Waals surface area (Å²) in [5.41, 5.74) is 4.68. The van der Waals surface area contributed by atoms with E-state index in [4.69, 9.17) is 4.74 Å². The van der Waals surface area contributed by atoms with Gasteiger partial charge in [-0.15, -0.1) is 0 Å². The number of nitrogens with zero attached hydrogens (tertiary/aromatic N) is 1. The first-order valence-electron chi connectivity index (χ1n) is 8.40. The van der Waals surface area contributed by atoms with Gasteiger partial charge < -0.3 is 4.74 Å². The minimum Gasteiger partial charge on any atom is -0.486 e. The van der Waals surface area contributed by atoms with Gasteiger partial charge in [0.15, 0.2) is 0 Å². The Morgan fingerprint density at radius 1 is 1.00 bits per heavy atom. The fourth-order valence-electron chi connectivity index (χ4n) is 2.56. The van der Waals surface area contributed by atoms with E-state index in [2.05, 4.69) is 55.1 Å². The Balaban J connectivity index is 1.79. The summed E-state index contributed by atoms with van der Waals surface area (Å²) in [4.78, 5) is 4.60. The van der Waals surface area contributed by atoms with Crippen molar-refractivity contribution in [2.24, 2.45) is 4.99 Å². The third-order valence-electron chi connectivity index (χ3n) is 4.07. The number of aryl methyl sites for hydroxylation is 2. The molecule has 0 atom stereocenters. The highest BCUT2D eigenvalue weighted by Gasteiger charge is 2.10. The van der Waals surface area contributed by atoms with E-state index in [0.29, 0.717) is 11.3 Å². The van der Waals surface area contributed by atoms with E-state index in [1.54, 1.807) is 18.2 Å². The molecule has 0 heterocycles. The zero-order valence-electron chi connectivity index (χ0n) is 15.0. The number of halogens is 3. The Hall–Kier alpha value is -1.98. The highest BCUT2D eigenvalue weighted by molar-refractivity contribution is 9.11. The summed E-state index contributed by atoms with van der Waals surface area (Å²) in [5.74, 6) is 0.351. The lowest BCUT2D eigenvalue weighted by Gasteiger charge is -2.12. The van der Waals surface area contributed by atoms with Crippen LogP contribution in [0.25, 0.3) is 0 Å². The summed E-state index contributed by atoms with van der Waals surface area (Å²) < 4.78 is 21.1. The molecular formula is C22H18Br2FNO. The van der Waals surface area contributed by atoms with Gasteiger partial charge in [-0.3, -0.25) is 4.99 Å². The zero-order valence-corrected chi connectivity index (χ0v) is 18.1. The summed E-state index contributed by atoms with van der Waals surface area (Å²) in [6.07, 6.45) is 1.82. The number of ether oxygens (including phenoxy) is 1. The van der Waals surface area contributed by atoms with Crippen LogP contribution >= 0.6 is 31.9 Å². The summed E-state index contributed by atoms with van der Waals surface area (Å²) in [6, 6.07) is 16.6. The zero-order chi connectivity index (χ0) is 19.4. The van der Waals surface area contributed by atoms with Crippen LogP contribution in [0.1, 0.15) is 22.3 Å². The molecule has 0 radical (unpaired) electrons. The first-order valence-corrected chi connectivity index (χ1v) is 9.99. The second kappa shape index (κ2) is 8.81. The average Bonchev–Trinajstić information content (AvgIpc) is 2.63. The molecule has 0 aliphatic heterocycles. The monoisotopic (exact) mass is 489 g/mol. The van der Waals surface area contributed by atoms with Crippen LogP contribution in [-0.2, 0) is 6.61 Å². The molecule has 3 aromatic rings. The van der Waals surface area contributed by atoms with Gasteiger partial charge in [0, 0.05) is 11.8 Å². The van der Waals surface area contributed by atoms with E-state index in [0.717, 1.165) is 25.8 Å². The highest BCUT2D eigenvalue weighted by Crippen LogP contribution is 2.35. The molecule has 0 aliphatic carbocycles. The smallest absolute Gasteiger partial charge is 0.148 e. The fourth-order valence-corrected chi connectivity index (χ4v) is 4.01. The maximum atomic E-state index is 13.8. The normalized spacial score (nSPS) is 11.1. The molecule has 0 amide bonds. The number of aliphatic imine (C=N–C) groups is 1. The van der Waals surface area contributed by atoms with E-state index in [1.807, 2.05) is 32.2 Å². The lowest BCUT2D eigenvalue weighted by molar-refractivity contribution is 0.296. The molecule has 0 aromatic heterocycles. The highest BCUT2D eigenvalue weighted by atomic mass is 79.9. The van der Waals surface area contributed by atoms with Gasteiger partial charge in [-0.25, -0.2) is 4.39 Å². The molecular weight excluding hydrogens is 473 g/mol. The van der Waals surface area contributed by atoms with E-state index in [9.17, 15) is 4.39 Å². The minimum atomic E-state index is -0.276. The van der Waals surface area contributed by atoms with Crippen LogP contribution in [0.2, 0.25) is 0 Å². The lowest BCUT2D eigenvalue weighted by atomic mass is 10.1. The van der Waals surface area contributed by atoms with Crippen molar-refractivity contribution in [3.63, 3.8) is 0 Å². The molecule has 0 saturated heterocycles. The molecule has 0 spiro atoms. The number of hydrogen-bond donors (Lipinski definition) is 0. The Labute approximate surface area is 175 Å². The quantitative estimate of drug-likeness (QED) is 0.344. The standard InChI is InChI=1S/C22H18Br2FNO/c1-14-7-8-15(2)21(9-14)26-12-16-10-18(23)22(19(24)11-16)27-13-17-5-3-4-6-20(17)25/h3-12H,13H2,1-2H3. The van der Waals surface area contributed by atoms with Crippen LogP contribution in [0.15, 0.2) is 68.5 Å². The van der Waals surface area contributed by atoms with Gasteiger partial charge in [0.25, 0.3) is 0 Å². The molecule has 0 aliphatic rings. The lowest BCUT2D eigenvalue weighted by Crippen LogP contribution is -2.00. The van der Waals surface area contributed by atoms with Gasteiger partial charge >= 0.3 is 0 Å². The molecule has 2 nitrogen and oxygen atoms in total. The first-order chi connectivity index (χ1) is 12.9. The first kappa shape index (κ1) is 19.8. The summed E-state index contributed by atoms with van der Waals surface area (Å²) in [6.45, 7) is 4.24. The van der Waals surface area contributed by atoms with E-state index < -0.39 is 0 Å². The van der Waals surface area contributed by atoms with E-state index in [-0.39, 0.29) is 12.4 Å². The maximum absolute atomic E-state index is 13.8. The van der Waals surface area contributed by atoms with E-state index in [1.165, 1.54) is 11.6 Å². The van der Waals surface area contributed by atoms with Gasteiger partial charge in [-0.1, -0.05) is 30.3 Å². The van der Waals surface area contributed by atoms with E-state index >= 15 is 0 Å². The van der Waals surface area contributed by atoms with Crippen molar-refractivity contribution in [2.75, 3.05) is 0 Å². The Morgan fingerprint density at radius 2 is 1.70 bits per heavy atom. The van der Waals surface area contributed by atoms with Crippen LogP contribution in [0, 0.1) is 19.7 Å².